The van der Waals surface area contributed by atoms with E-state index in [-0.39, 0.29) is 6.54 Å². The average Bonchev–Trinajstić information content (AvgIpc) is 1.66. The molecule has 0 spiro atoms. The van der Waals surface area contributed by atoms with E-state index in [4.69, 9.17) is 15.6 Å². The number of hydrogen-bond donors (Lipinski definition) is 1. The smallest absolute Gasteiger partial charge is 0.0745 e. The van der Waals surface area contributed by atoms with Crippen LogP contribution in [0.2, 0.25) is 0 Å². The molecule has 0 bridgehead atoms. The van der Waals surface area contributed by atoms with Crippen LogP contribution in [0.3, 0.4) is 0 Å². The van der Waals surface area contributed by atoms with Crippen LogP contribution < -0.4 is 5.73 Å². The molecule has 0 amide bonds. The summed E-state index contributed by atoms with van der Waals surface area (Å²) in [5.74, 6) is 0. The molecule has 0 aliphatic carbocycles. The highest BCUT2D eigenvalue weighted by Crippen LogP contribution is 1.79. The molecule has 3 heteroatoms. The summed E-state index contributed by atoms with van der Waals surface area (Å²) in [6.07, 6.45) is -0.401. The molecule has 1 unspecified atom stereocenters. The molecule has 0 fully saturated rings. The molecule has 2 N–H and O–H groups in total. The fourth-order valence-electron chi connectivity index (χ4n) is 0.326. The Morgan fingerprint density at radius 2 is 2.38 bits per heavy atom. The molecule has 0 saturated carbocycles. The van der Waals surface area contributed by atoms with Crippen molar-refractivity contribution in [3.63, 3.8) is 0 Å². The van der Waals surface area contributed by atoms with Crippen LogP contribution in [0.4, 0.5) is 0 Å². The quantitative estimate of drug-likeness (QED) is 0.514. The Morgan fingerprint density at radius 1 is 1.75 bits per heavy atom. The van der Waals surface area contributed by atoms with E-state index in [9.17, 15) is 0 Å². The summed E-state index contributed by atoms with van der Waals surface area (Å²) in [4.78, 5) is 0. The maximum absolute atomic E-state index is 8.59. The normalized spacial score (nSPS) is 13.9. The first kappa shape index (κ1) is 7.88. The van der Waals surface area contributed by atoms with Crippen molar-refractivity contribution in [3.8, 4) is 0 Å². The predicted octanol–water partition coefficient (Wildman–Crippen LogP) is -0.333. The van der Waals surface area contributed by atoms with Gasteiger partial charge in [0.05, 0.1) is 19.3 Å². The highest BCUT2D eigenvalue weighted by Gasteiger charge is 1.91. The lowest BCUT2D eigenvalue weighted by Gasteiger charge is -2.02. The summed E-state index contributed by atoms with van der Waals surface area (Å²) < 4.78 is 4.81. The molecular weight excluding hydrogens is 106 g/mol. The molecule has 8 heavy (non-hydrogen) atoms. The number of hydrogen-bond acceptors (Lipinski definition) is 2. The average molecular weight is 118 g/mol. The number of aliphatic hydroxyl groups excluding tert-OH is 1. The van der Waals surface area contributed by atoms with Crippen molar-refractivity contribution >= 4 is 0 Å². The van der Waals surface area contributed by atoms with Gasteiger partial charge >= 0.3 is 0 Å². The molecule has 1 atom stereocenters. The van der Waals surface area contributed by atoms with Gasteiger partial charge in [0.15, 0.2) is 0 Å². The van der Waals surface area contributed by atoms with Gasteiger partial charge in [-0.05, 0) is 6.92 Å². The molecule has 0 saturated heterocycles. The van der Waals surface area contributed by atoms with Gasteiger partial charge in [-0.1, -0.05) is 0 Å². The molecule has 1 radical (unpaired) electrons. The van der Waals surface area contributed by atoms with Crippen LogP contribution in [0.1, 0.15) is 6.92 Å². The second-order valence-corrected chi connectivity index (χ2v) is 1.67. The molecule has 3 nitrogen and oxygen atoms in total. The lowest BCUT2D eigenvalue weighted by molar-refractivity contribution is 0.0496. The largest absolute Gasteiger partial charge is 0.391 e. The van der Waals surface area contributed by atoms with Crippen molar-refractivity contribution in [2.45, 2.75) is 13.0 Å². The monoisotopic (exact) mass is 118 g/mol. The Kier molecular flexibility index (Phi) is 4.95. The van der Waals surface area contributed by atoms with Gasteiger partial charge < -0.3 is 9.84 Å². The van der Waals surface area contributed by atoms with E-state index in [1.807, 2.05) is 0 Å². The van der Waals surface area contributed by atoms with Crippen molar-refractivity contribution in [2.24, 2.45) is 0 Å². The van der Waals surface area contributed by atoms with E-state index in [2.05, 4.69) is 0 Å². The van der Waals surface area contributed by atoms with Crippen molar-refractivity contribution in [1.29, 1.82) is 0 Å². The van der Waals surface area contributed by atoms with E-state index >= 15 is 0 Å². The van der Waals surface area contributed by atoms with Crippen LogP contribution >= 0.6 is 0 Å². The minimum Gasteiger partial charge on any atom is -0.391 e. The Morgan fingerprint density at radius 3 is 2.75 bits per heavy atom. The van der Waals surface area contributed by atoms with Gasteiger partial charge in [0.1, 0.15) is 0 Å². The van der Waals surface area contributed by atoms with Crippen LogP contribution in [0, 0.1) is 0 Å². The van der Waals surface area contributed by atoms with Crippen LogP contribution in [0.15, 0.2) is 0 Å². The Hall–Kier alpha value is -0.120. The second-order valence-electron chi connectivity index (χ2n) is 1.67. The van der Waals surface area contributed by atoms with E-state index in [0.717, 1.165) is 0 Å². The summed E-state index contributed by atoms with van der Waals surface area (Å²) in [6.45, 7) is 2.69. The number of nitrogens with one attached hydrogen (secondary N) is 1. The Balaban J connectivity index is 2.72. The van der Waals surface area contributed by atoms with E-state index in [1.54, 1.807) is 6.92 Å². The van der Waals surface area contributed by atoms with Gasteiger partial charge in [-0.15, -0.1) is 0 Å². The molecule has 0 aromatic heterocycles. The summed E-state index contributed by atoms with van der Waals surface area (Å²) in [6, 6.07) is 0. The van der Waals surface area contributed by atoms with Crippen molar-refractivity contribution in [1.82, 2.24) is 5.73 Å². The first-order valence-electron chi connectivity index (χ1n) is 2.67. The summed E-state index contributed by atoms with van der Waals surface area (Å²) in [5.41, 5.74) is 6.64. The highest BCUT2D eigenvalue weighted by molar-refractivity contribution is 4.40. The van der Waals surface area contributed by atoms with Gasteiger partial charge in [-0.25, -0.2) is 0 Å². The molecule has 0 rings (SSSR count). The highest BCUT2D eigenvalue weighted by atomic mass is 16.5. The molecule has 49 valence electrons. The lowest BCUT2D eigenvalue weighted by atomic mass is 10.4. The molecular formula is C5H12NO2. The third-order valence-electron chi connectivity index (χ3n) is 0.605. The lowest BCUT2D eigenvalue weighted by Crippen LogP contribution is -2.12. The maximum Gasteiger partial charge on any atom is 0.0745 e. The summed E-state index contributed by atoms with van der Waals surface area (Å²) in [7, 11) is 0. The molecule has 0 aromatic carbocycles. The van der Waals surface area contributed by atoms with Gasteiger partial charge in [-0.2, -0.15) is 0 Å². The fraction of sp³-hybridized carbons (Fsp3) is 1.00. The second kappa shape index (κ2) is 5.03. The first-order chi connectivity index (χ1) is 3.77. The van der Waals surface area contributed by atoms with E-state index in [0.29, 0.717) is 13.2 Å². The zero-order valence-corrected chi connectivity index (χ0v) is 5.05. The summed E-state index contributed by atoms with van der Waals surface area (Å²) >= 11 is 0. The zero-order valence-electron chi connectivity index (χ0n) is 5.05. The van der Waals surface area contributed by atoms with Gasteiger partial charge in [0.25, 0.3) is 0 Å². The number of rotatable bonds is 4. The Bertz CT molecular complexity index is 47.7. The topological polar surface area (TPSA) is 53.3 Å². The minimum absolute atomic E-state index is 0.271. The van der Waals surface area contributed by atoms with Crippen LogP contribution in [0.5, 0.6) is 0 Å². The number of ether oxygens (including phenoxy) is 1. The molecule has 0 aliphatic heterocycles. The summed E-state index contributed by atoms with van der Waals surface area (Å²) in [5, 5.41) is 8.59. The Labute approximate surface area is 49.4 Å². The van der Waals surface area contributed by atoms with Crippen LogP contribution in [0.25, 0.3) is 0 Å². The van der Waals surface area contributed by atoms with E-state index < -0.39 is 6.10 Å². The van der Waals surface area contributed by atoms with Crippen molar-refractivity contribution in [2.75, 3.05) is 19.8 Å². The van der Waals surface area contributed by atoms with Gasteiger partial charge in [0, 0.05) is 6.54 Å². The predicted molar refractivity (Wildman–Crippen MR) is 30.5 cm³/mol. The zero-order chi connectivity index (χ0) is 6.41. The SMILES string of the molecule is CC(O)COCC[NH]. The van der Waals surface area contributed by atoms with Crippen LogP contribution in [-0.2, 0) is 4.74 Å². The van der Waals surface area contributed by atoms with Crippen molar-refractivity contribution in [3.05, 3.63) is 0 Å². The van der Waals surface area contributed by atoms with Gasteiger partial charge in [-0.3, -0.25) is 5.73 Å². The standard InChI is InChI=1S/C5H12NO2/c1-5(7)4-8-3-2-6/h5-7H,2-4H2,1H3. The molecule has 0 heterocycles. The molecule has 0 aromatic rings. The first-order valence-corrected chi connectivity index (χ1v) is 2.67. The van der Waals surface area contributed by atoms with Gasteiger partial charge in [0.2, 0.25) is 0 Å². The molecule has 0 aliphatic rings. The third-order valence-corrected chi connectivity index (χ3v) is 0.605. The third kappa shape index (κ3) is 5.88. The number of aliphatic hydroxyl groups is 1. The fourth-order valence-corrected chi connectivity index (χ4v) is 0.326. The maximum atomic E-state index is 8.59. The van der Waals surface area contributed by atoms with Crippen LogP contribution in [-0.4, -0.2) is 31.0 Å². The van der Waals surface area contributed by atoms with E-state index in [1.165, 1.54) is 0 Å². The van der Waals surface area contributed by atoms with Crippen molar-refractivity contribution < 1.29 is 9.84 Å². The minimum atomic E-state index is -0.401.